The molecule has 1 aliphatic rings. The topological polar surface area (TPSA) is 110 Å². The lowest BCUT2D eigenvalue weighted by atomic mass is 10.1. The van der Waals surface area contributed by atoms with E-state index in [1.807, 2.05) is 41.0 Å². The molecule has 1 N–H and O–H groups in total. The van der Waals surface area contributed by atoms with Gasteiger partial charge < -0.3 is 19.1 Å². The van der Waals surface area contributed by atoms with Crippen LogP contribution in [0, 0.1) is 11.8 Å². The lowest BCUT2D eigenvalue weighted by Gasteiger charge is -2.24. The molecule has 0 fully saturated rings. The van der Waals surface area contributed by atoms with Crippen LogP contribution in [0.4, 0.5) is 0 Å². The minimum atomic E-state index is -0.657. The van der Waals surface area contributed by atoms with Crippen molar-refractivity contribution in [3.63, 3.8) is 0 Å². The van der Waals surface area contributed by atoms with Crippen molar-refractivity contribution < 1.29 is 14.4 Å². The zero-order chi connectivity index (χ0) is 24.9. The van der Waals surface area contributed by atoms with E-state index in [-0.39, 0.29) is 5.91 Å². The highest BCUT2D eigenvalue weighted by Gasteiger charge is 2.18. The second-order valence-electron chi connectivity index (χ2n) is 8.46. The number of amides is 1. The van der Waals surface area contributed by atoms with E-state index in [0.29, 0.717) is 43.2 Å². The van der Waals surface area contributed by atoms with Crippen molar-refractivity contribution in [1.82, 2.24) is 29.6 Å². The average Bonchev–Trinajstić information content (AvgIpc) is 3.58. The van der Waals surface area contributed by atoms with Crippen LogP contribution in [-0.4, -0.2) is 53.7 Å². The standard InChI is InChI=1S/C27H24N6O3/c1-19(34)26-30-10-13-33(26)17-24-14-25(36-31-24)22-6-4-20(5-7-22)2-3-21-8-11-32(12-9-21)27(35)23-15-28-18-29-16-23/h4-8,10,13-16,18-19,34H,9,11-12,17H2,1H3/t19-/m0/s1. The molecule has 1 aromatic carbocycles. The molecule has 9 heteroatoms. The summed E-state index contributed by atoms with van der Waals surface area (Å²) in [6, 6.07) is 9.67. The Bertz CT molecular complexity index is 1440. The number of aliphatic hydroxyl groups excluding tert-OH is 1. The number of nitrogens with zero attached hydrogens (tertiary/aromatic N) is 6. The molecule has 4 heterocycles. The van der Waals surface area contributed by atoms with Gasteiger partial charge in [-0.05, 0) is 37.6 Å². The van der Waals surface area contributed by atoms with Gasteiger partial charge in [0.1, 0.15) is 23.9 Å². The highest BCUT2D eigenvalue weighted by molar-refractivity contribution is 5.93. The van der Waals surface area contributed by atoms with Gasteiger partial charge >= 0.3 is 0 Å². The fraction of sp³-hybridized carbons (Fsp3) is 0.222. The molecular formula is C27H24N6O3. The summed E-state index contributed by atoms with van der Waals surface area (Å²) < 4.78 is 7.37. The lowest BCUT2D eigenvalue weighted by molar-refractivity contribution is 0.0769. The molecule has 0 bridgehead atoms. The van der Waals surface area contributed by atoms with Gasteiger partial charge in [0.05, 0.1) is 12.1 Å². The first kappa shape index (κ1) is 23.2. The molecule has 180 valence electrons. The van der Waals surface area contributed by atoms with Crippen molar-refractivity contribution in [2.75, 3.05) is 13.1 Å². The molecule has 36 heavy (non-hydrogen) atoms. The maximum atomic E-state index is 12.5. The van der Waals surface area contributed by atoms with Crippen LogP contribution in [-0.2, 0) is 6.54 Å². The van der Waals surface area contributed by atoms with Gasteiger partial charge in [-0.15, -0.1) is 0 Å². The highest BCUT2D eigenvalue weighted by Crippen LogP contribution is 2.22. The molecule has 1 atom stereocenters. The van der Waals surface area contributed by atoms with Gasteiger partial charge in [0.2, 0.25) is 0 Å². The first-order chi connectivity index (χ1) is 17.6. The van der Waals surface area contributed by atoms with E-state index in [9.17, 15) is 9.90 Å². The lowest BCUT2D eigenvalue weighted by Crippen LogP contribution is -2.34. The summed E-state index contributed by atoms with van der Waals surface area (Å²) >= 11 is 0. The third-order valence-electron chi connectivity index (χ3n) is 5.85. The number of hydrogen-bond acceptors (Lipinski definition) is 7. The summed E-state index contributed by atoms with van der Waals surface area (Å²) in [6.07, 6.45) is 9.98. The third-order valence-corrected chi connectivity index (χ3v) is 5.85. The zero-order valence-corrected chi connectivity index (χ0v) is 19.7. The fourth-order valence-electron chi connectivity index (χ4n) is 3.95. The van der Waals surface area contributed by atoms with Gasteiger partial charge in [0, 0.05) is 60.6 Å². The molecule has 0 aliphatic carbocycles. The molecule has 0 radical (unpaired) electrons. The fourth-order valence-corrected chi connectivity index (χ4v) is 3.95. The van der Waals surface area contributed by atoms with E-state index in [4.69, 9.17) is 4.52 Å². The van der Waals surface area contributed by atoms with Crippen molar-refractivity contribution >= 4 is 5.91 Å². The Balaban J connectivity index is 1.20. The summed E-state index contributed by atoms with van der Waals surface area (Å²) in [7, 11) is 0. The molecule has 0 saturated heterocycles. The van der Waals surface area contributed by atoms with Gasteiger partial charge in [-0.1, -0.05) is 23.1 Å². The first-order valence-electron chi connectivity index (χ1n) is 11.6. The summed E-state index contributed by atoms with van der Waals surface area (Å²) in [5.41, 5.74) is 4.04. The highest BCUT2D eigenvalue weighted by atomic mass is 16.5. The second-order valence-corrected chi connectivity index (χ2v) is 8.46. The first-order valence-corrected chi connectivity index (χ1v) is 11.6. The molecule has 4 aromatic rings. The zero-order valence-electron chi connectivity index (χ0n) is 19.7. The van der Waals surface area contributed by atoms with Crippen LogP contribution in [0.15, 0.2) is 77.6 Å². The molecule has 0 saturated carbocycles. The Morgan fingerprint density at radius 2 is 2.00 bits per heavy atom. The SMILES string of the molecule is C[C@H](O)c1nccn1Cc1cc(-c2ccc(C#CC3=CCN(C(=O)c4cncnc4)CC3)cc2)on1. The Labute approximate surface area is 208 Å². The van der Waals surface area contributed by atoms with Crippen LogP contribution >= 0.6 is 0 Å². The molecular weight excluding hydrogens is 456 g/mol. The molecule has 9 nitrogen and oxygen atoms in total. The van der Waals surface area contributed by atoms with Crippen LogP contribution < -0.4 is 0 Å². The van der Waals surface area contributed by atoms with E-state index >= 15 is 0 Å². The Morgan fingerprint density at radius 1 is 1.19 bits per heavy atom. The average molecular weight is 481 g/mol. The Hall–Kier alpha value is -4.55. The van der Waals surface area contributed by atoms with E-state index in [2.05, 4.69) is 31.9 Å². The van der Waals surface area contributed by atoms with E-state index in [1.54, 1.807) is 24.2 Å². The molecule has 0 spiro atoms. The van der Waals surface area contributed by atoms with Crippen LogP contribution in [0.1, 0.15) is 46.9 Å². The minimum Gasteiger partial charge on any atom is -0.385 e. The largest absolute Gasteiger partial charge is 0.385 e. The second kappa shape index (κ2) is 10.4. The smallest absolute Gasteiger partial charge is 0.257 e. The number of carbonyl (C=O) groups excluding carboxylic acids is 1. The van der Waals surface area contributed by atoms with Crippen LogP contribution in [0.2, 0.25) is 0 Å². The maximum Gasteiger partial charge on any atom is 0.257 e. The van der Waals surface area contributed by atoms with E-state index in [0.717, 1.165) is 22.4 Å². The van der Waals surface area contributed by atoms with E-state index in [1.165, 1.54) is 18.7 Å². The molecule has 0 unspecified atom stereocenters. The number of hydrogen-bond donors (Lipinski definition) is 1. The predicted octanol–water partition coefficient (Wildman–Crippen LogP) is 3.25. The summed E-state index contributed by atoms with van der Waals surface area (Å²) in [4.78, 5) is 26.3. The van der Waals surface area contributed by atoms with Crippen LogP contribution in [0.3, 0.4) is 0 Å². The Kier molecular flexibility index (Phi) is 6.69. The van der Waals surface area contributed by atoms with Gasteiger partial charge in [0.25, 0.3) is 5.91 Å². The quantitative estimate of drug-likeness (QED) is 0.437. The normalized spacial score (nSPS) is 14.1. The Morgan fingerprint density at radius 3 is 2.72 bits per heavy atom. The van der Waals surface area contributed by atoms with Crippen molar-refractivity contribution in [3.05, 3.63) is 95.7 Å². The van der Waals surface area contributed by atoms with Gasteiger partial charge in [-0.2, -0.15) is 0 Å². The van der Waals surface area contributed by atoms with Crippen molar-refractivity contribution in [3.8, 4) is 23.2 Å². The van der Waals surface area contributed by atoms with Gasteiger partial charge in [0.15, 0.2) is 5.76 Å². The number of aromatic nitrogens is 5. The number of carbonyl (C=O) groups is 1. The number of imidazole rings is 1. The summed E-state index contributed by atoms with van der Waals surface area (Å²) in [5, 5.41) is 14.0. The van der Waals surface area contributed by atoms with Gasteiger partial charge in [-0.3, -0.25) is 4.79 Å². The minimum absolute atomic E-state index is 0.0709. The van der Waals surface area contributed by atoms with Crippen molar-refractivity contribution in [2.45, 2.75) is 26.0 Å². The van der Waals surface area contributed by atoms with Crippen LogP contribution in [0.25, 0.3) is 11.3 Å². The monoisotopic (exact) mass is 480 g/mol. The molecule has 1 aliphatic heterocycles. The van der Waals surface area contributed by atoms with Gasteiger partial charge in [-0.25, -0.2) is 15.0 Å². The summed E-state index contributed by atoms with van der Waals surface area (Å²) in [5.74, 6) is 7.59. The molecule has 1 amide bonds. The number of benzene rings is 1. The molecule has 5 rings (SSSR count). The number of aliphatic hydroxyl groups is 1. The number of rotatable bonds is 5. The molecule has 3 aromatic heterocycles. The third kappa shape index (κ3) is 5.24. The van der Waals surface area contributed by atoms with Crippen molar-refractivity contribution in [2.24, 2.45) is 0 Å². The van der Waals surface area contributed by atoms with Crippen molar-refractivity contribution in [1.29, 1.82) is 0 Å². The van der Waals surface area contributed by atoms with Crippen LogP contribution in [0.5, 0.6) is 0 Å². The predicted molar refractivity (Wildman–Crippen MR) is 131 cm³/mol. The summed E-state index contributed by atoms with van der Waals surface area (Å²) in [6.45, 7) is 3.27. The van der Waals surface area contributed by atoms with E-state index < -0.39 is 6.10 Å². The maximum absolute atomic E-state index is 12.5.